The molecule has 0 amide bonds. The molecular formula is C6H7ClNO3PS. The summed E-state index contributed by atoms with van der Waals surface area (Å²) < 4.78 is 10.5. The van der Waals surface area contributed by atoms with Crippen molar-refractivity contribution < 1.29 is 14.4 Å². The zero-order chi connectivity index (χ0) is 9.90. The van der Waals surface area contributed by atoms with E-state index >= 15 is 0 Å². The van der Waals surface area contributed by atoms with Crippen LogP contribution in [0.5, 0.6) is 0 Å². The molecule has 13 heavy (non-hydrogen) atoms. The fourth-order valence-corrected chi connectivity index (χ4v) is 2.22. The highest BCUT2D eigenvalue weighted by Crippen LogP contribution is 2.51. The molecule has 4 nitrogen and oxygen atoms in total. The molecule has 2 N–H and O–H groups in total. The molecule has 0 saturated carbocycles. The van der Waals surface area contributed by atoms with Crippen molar-refractivity contribution in [1.82, 2.24) is 4.98 Å². The normalized spacial score (nSPS) is 11.6. The van der Waals surface area contributed by atoms with E-state index in [1.807, 2.05) is 0 Å². The summed E-state index contributed by atoms with van der Waals surface area (Å²) in [6.45, 7) is -4.01. The van der Waals surface area contributed by atoms with E-state index < -0.39 is 6.80 Å². The zero-order valence-corrected chi connectivity index (χ0v) is 8.89. The summed E-state index contributed by atoms with van der Waals surface area (Å²) in [4.78, 5) is 21.0. The van der Waals surface area contributed by atoms with E-state index in [1.54, 1.807) is 18.2 Å². The van der Waals surface area contributed by atoms with Gasteiger partial charge in [-0.05, 0) is 23.5 Å². The van der Waals surface area contributed by atoms with E-state index in [2.05, 4.69) is 4.98 Å². The maximum Gasteiger partial charge on any atom is 0.384 e. The molecule has 0 aliphatic rings. The highest BCUT2D eigenvalue weighted by Gasteiger charge is 2.13. The minimum Gasteiger partial charge on any atom is -0.317 e. The summed E-state index contributed by atoms with van der Waals surface area (Å²) in [5.41, 5.74) is 0.556. The van der Waals surface area contributed by atoms with Gasteiger partial charge in [0.15, 0.2) is 0 Å². The quantitative estimate of drug-likeness (QED) is 0.624. The van der Waals surface area contributed by atoms with Crippen molar-refractivity contribution >= 4 is 29.8 Å². The van der Waals surface area contributed by atoms with E-state index in [9.17, 15) is 4.57 Å². The van der Waals surface area contributed by atoms with E-state index in [0.29, 0.717) is 22.2 Å². The number of rotatable bonds is 3. The Kier molecular flexibility index (Phi) is 3.76. The molecular weight excluding hydrogens is 233 g/mol. The lowest BCUT2D eigenvalue weighted by Gasteiger charge is -2.02. The lowest BCUT2D eigenvalue weighted by Crippen LogP contribution is -1.86. The van der Waals surface area contributed by atoms with Crippen LogP contribution < -0.4 is 0 Å². The van der Waals surface area contributed by atoms with E-state index in [1.165, 1.54) is 0 Å². The highest BCUT2D eigenvalue weighted by molar-refractivity contribution is 8.54. The summed E-state index contributed by atoms with van der Waals surface area (Å²) in [5, 5.41) is 0.323. The van der Waals surface area contributed by atoms with E-state index in [-0.39, 0.29) is 5.75 Å². The third-order valence-electron chi connectivity index (χ3n) is 1.15. The van der Waals surface area contributed by atoms with E-state index in [0.717, 1.165) is 0 Å². The minimum absolute atomic E-state index is 0.158. The lowest BCUT2D eigenvalue weighted by atomic mass is 10.4. The van der Waals surface area contributed by atoms with Crippen molar-refractivity contribution in [1.29, 1.82) is 0 Å². The molecule has 0 bridgehead atoms. The van der Waals surface area contributed by atoms with Crippen molar-refractivity contribution in [2.45, 2.75) is 5.75 Å². The predicted octanol–water partition coefficient (Wildman–Crippen LogP) is 2.06. The Hall–Kier alpha value is -0.0600. The van der Waals surface area contributed by atoms with Crippen LogP contribution in [0.4, 0.5) is 0 Å². The predicted molar refractivity (Wildman–Crippen MR) is 52.6 cm³/mol. The van der Waals surface area contributed by atoms with Gasteiger partial charge in [0.1, 0.15) is 5.15 Å². The van der Waals surface area contributed by atoms with Gasteiger partial charge in [0, 0.05) is 5.75 Å². The van der Waals surface area contributed by atoms with Crippen LogP contribution >= 0.6 is 29.8 Å². The molecule has 1 rings (SSSR count). The van der Waals surface area contributed by atoms with Crippen LogP contribution in [0, 0.1) is 0 Å². The Morgan fingerprint density at radius 3 is 2.77 bits per heavy atom. The first-order valence-corrected chi connectivity index (χ1v) is 6.87. The summed E-state index contributed by atoms with van der Waals surface area (Å²) in [6.07, 6.45) is 0. The van der Waals surface area contributed by atoms with Crippen molar-refractivity contribution in [2.75, 3.05) is 0 Å². The maximum atomic E-state index is 10.5. The van der Waals surface area contributed by atoms with Gasteiger partial charge in [0.05, 0.1) is 5.69 Å². The Morgan fingerprint density at radius 2 is 2.23 bits per heavy atom. The molecule has 0 radical (unpaired) electrons. The molecule has 72 valence electrons. The topological polar surface area (TPSA) is 70.4 Å². The van der Waals surface area contributed by atoms with Gasteiger partial charge in [-0.15, -0.1) is 0 Å². The number of nitrogens with zero attached hydrogens (tertiary/aromatic N) is 1. The van der Waals surface area contributed by atoms with Crippen molar-refractivity contribution in [3.8, 4) is 0 Å². The lowest BCUT2D eigenvalue weighted by molar-refractivity contribution is 0.397. The third-order valence-corrected chi connectivity index (χ3v) is 3.52. The van der Waals surface area contributed by atoms with Crippen molar-refractivity contribution in [2.24, 2.45) is 0 Å². The Balaban J connectivity index is 2.60. The van der Waals surface area contributed by atoms with Crippen LogP contribution in [0.25, 0.3) is 0 Å². The molecule has 0 fully saturated rings. The van der Waals surface area contributed by atoms with Crippen LogP contribution in [0.15, 0.2) is 18.2 Å². The largest absolute Gasteiger partial charge is 0.384 e. The fourth-order valence-electron chi connectivity index (χ4n) is 0.681. The second kappa shape index (κ2) is 4.44. The van der Waals surface area contributed by atoms with Gasteiger partial charge in [-0.3, -0.25) is 0 Å². The molecule has 7 heteroatoms. The van der Waals surface area contributed by atoms with Gasteiger partial charge in [-0.1, -0.05) is 17.7 Å². The monoisotopic (exact) mass is 239 g/mol. The second-order valence-electron chi connectivity index (χ2n) is 2.22. The maximum absolute atomic E-state index is 10.5. The average Bonchev–Trinajstić information content (AvgIpc) is 2.00. The van der Waals surface area contributed by atoms with Crippen LogP contribution in [0.1, 0.15) is 5.69 Å². The smallest absolute Gasteiger partial charge is 0.317 e. The van der Waals surface area contributed by atoms with Crippen LogP contribution in [-0.2, 0) is 10.3 Å². The van der Waals surface area contributed by atoms with Crippen molar-refractivity contribution in [3.63, 3.8) is 0 Å². The van der Waals surface area contributed by atoms with Gasteiger partial charge in [0.2, 0.25) is 0 Å². The molecule has 1 aromatic heterocycles. The molecule has 0 aliphatic heterocycles. The first kappa shape index (κ1) is 11.0. The molecule has 0 spiro atoms. The minimum atomic E-state index is -4.01. The van der Waals surface area contributed by atoms with Crippen molar-refractivity contribution in [3.05, 3.63) is 29.0 Å². The number of hydrogen-bond donors (Lipinski definition) is 2. The van der Waals surface area contributed by atoms with Gasteiger partial charge < -0.3 is 9.79 Å². The molecule has 0 unspecified atom stereocenters. The molecule has 0 aromatic carbocycles. The Morgan fingerprint density at radius 1 is 1.54 bits per heavy atom. The fraction of sp³-hybridized carbons (Fsp3) is 0.167. The zero-order valence-electron chi connectivity index (χ0n) is 6.42. The summed E-state index contributed by atoms with van der Waals surface area (Å²) in [6, 6.07) is 4.95. The summed E-state index contributed by atoms with van der Waals surface area (Å²) in [7, 11) is 0. The number of aromatic nitrogens is 1. The Bertz CT molecular complexity index is 342. The number of pyridine rings is 1. The number of halogens is 1. The Labute approximate surface area is 84.2 Å². The first-order valence-electron chi connectivity index (χ1n) is 3.29. The van der Waals surface area contributed by atoms with Gasteiger partial charge >= 0.3 is 6.80 Å². The van der Waals surface area contributed by atoms with Crippen LogP contribution in [0.3, 0.4) is 0 Å². The standard InChI is InChI=1S/C6H7ClNO3PS/c7-6-3-1-2-5(8-6)4-13-12(9,10)11/h1-3H,4H2,(H2,9,10,11). The molecule has 1 aromatic rings. The third kappa shape index (κ3) is 4.64. The molecule has 1 heterocycles. The van der Waals surface area contributed by atoms with Crippen LogP contribution in [-0.4, -0.2) is 14.8 Å². The summed E-state index contributed by atoms with van der Waals surface area (Å²) in [5.74, 6) is 0.158. The average molecular weight is 240 g/mol. The van der Waals surface area contributed by atoms with Gasteiger partial charge in [0.25, 0.3) is 0 Å². The summed E-state index contributed by atoms with van der Waals surface area (Å²) >= 11 is 6.12. The van der Waals surface area contributed by atoms with Gasteiger partial charge in [-0.25, -0.2) is 9.55 Å². The second-order valence-corrected chi connectivity index (χ2v) is 6.33. The SMILES string of the molecule is O=P(O)(O)SCc1cccc(Cl)n1. The molecule has 0 aliphatic carbocycles. The molecule has 0 saturated heterocycles. The van der Waals surface area contributed by atoms with Gasteiger partial charge in [-0.2, -0.15) is 0 Å². The van der Waals surface area contributed by atoms with Crippen LogP contribution in [0.2, 0.25) is 5.15 Å². The highest BCUT2D eigenvalue weighted by atomic mass is 35.5. The molecule has 0 atom stereocenters. The first-order chi connectivity index (χ1) is 5.97. The number of hydrogen-bond acceptors (Lipinski definition) is 3. The van der Waals surface area contributed by atoms with E-state index in [4.69, 9.17) is 21.4 Å².